The van der Waals surface area contributed by atoms with Crippen molar-refractivity contribution in [1.29, 1.82) is 5.41 Å². The number of alkyl halides is 3. The minimum atomic E-state index is -4.58. The lowest BCUT2D eigenvalue weighted by Crippen LogP contribution is -2.45. The predicted octanol–water partition coefficient (Wildman–Crippen LogP) is 0.582. The number of nitrogens with zero attached hydrogens (tertiary/aromatic N) is 2. The predicted molar refractivity (Wildman–Crippen MR) is 69.3 cm³/mol. The van der Waals surface area contributed by atoms with Crippen molar-refractivity contribution >= 4 is 11.7 Å². The van der Waals surface area contributed by atoms with Crippen molar-refractivity contribution in [2.75, 3.05) is 31.2 Å². The number of morpholine rings is 1. The highest BCUT2D eigenvalue weighted by atomic mass is 19.4. The summed E-state index contributed by atoms with van der Waals surface area (Å²) >= 11 is 0. The van der Waals surface area contributed by atoms with Crippen LogP contribution in [0.4, 0.5) is 19.0 Å². The molecule has 1 aromatic rings. The highest BCUT2D eigenvalue weighted by Gasteiger charge is 2.34. The Morgan fingerprint density at radius 3 is 2.81 bits per heavy atom. The number of halogens is 3. The van der Waals surface area contributed by atoms with E-state index in [1.807, 2.05) is 0 Å². The first-order chi connectivity index (χ1) is 9.82. The maximum absolute atomic E-state index is 12.8. The van der Waals surface area contributed by atoms with Crippen LogP contribution >= 0.6 is 0 Å². The van der Waals surface area contributed by atoms with E-state index in [9.17, 15) is 13.2 Å². The number of pyridine rings is 1. The second-order valence-corrected chi connectivity index (χ2v) is 4.60. The summed E-state index contributed by atoms with van der Waals surface area (Å²) in [6.45, 7) is 0.502. The van der Waals surface area contributed by atoms with Gasteiger partial charge in [-0.1, -0.05) is 0 Å². The van der Waals surface area contributed by atoms with Crippen LogP contribution in [0.1, 0.15) is 11.3 Å². The lowest BCUT2D eigenvalue weighted by molar-refractivity contribution is -0.141. The number of nitrogen functional groups attached to an aromatic ring is 1. The van der Waals surface area contributed by atoms with Crippen LogP contribution in [0.5, 0.6) is 0 Å². The minimum Gasteiger partial charge on any atom is -0.394 e. The standard InChI is InChI=1S/C12H15F3N4O2/c13-12(14,15)9-2-1-8(10(16)17)11(18-9)19-3-4-21-7(5-19)6-20/h1-2,7,20H,3-6H2,(H3,16,17). The Labute approximate surface area is 118 Å². The Bertz CT molecular complexity index is 536. The zero-order valence-corrected chi connectivity index (χ0v) is 11.0. The molecule has 1 aromatic heterocycles. The molecule has 116 valence electrons. The molecule has 9 heteroatoms. The van der Waals surface area contributed by atoms with E-state index in [0.29, 0.717) is 6.54 Å². The Balaban J connectivity index is 2.41. The van der Waals surface area contributed by atoms with E-state index in [4.69, 9.17) is 21.0 Å². The third kappa shape index (κ3) is 3.42. The van der Waals surface area contributed by atoms with Crippen LogP contribution in [0.25, 0.3) is 0 Å². The number of nitrogens with one attached hydrogen (secondary N) is 1. The number of hydrogen-bond donors (Lipinski definition) is 3. The molecule has 4 N–H and O–H groups in total. The SMILES string of the molecule is N=C(N)c1ccc(C(F)(F)F)nc1N1CCOC(CO)C1. The van der Waals surface area contributed by atoms with Crippen molar-refractivity contribution < 1.29 is 23.0 Å². The van der Waals surface area contributed by atoms with Gasteiger partial charge in [0.25, 0.3) is 0 Å². The van der Waals surface area contributed by atoms with Crippen LogP contribution < -0.4 is 10.6 Å². The number of aliphatic hydroxyl groups excluding tert-OH is 1. The van der Waals surface area contributed by atoms with E-state index in [1.54, 1.807) is 0 Å². The number of nitrogens with two attached hydrogens (primary N) is 1. The van der Waals surface area contributed by atoms with Crippen molar-refractivity contribution in [1.82, 2.24) is 4.98 Å². The molecule has 6 nitrogen and oxygen atoms in total. The van der Waals surface area contributed by atoms with Gasteiger partial charge in [-0.25, -0.2) is 4.98 Å². The number of ether oxygens (including phenoxy) is 1. The molecular formula is C12H15F3N4O2. The van der Waals surface area contributed by atoms with E-state index in [-0.39, 0.29) is 37.0 Å². The number of aliphatic hydroxyl groups is 1. The molecule has 0 bridgehead atoms. The molecule has 1 atom stereocenters. The average Bonchev–Trinajstić information content (AvgIpc) is 2.45. The summed E-state index contributed by atoms with van der Waals surface area (Å²) in [5.41, 5.74) is 4.48. The maximum atomic E-state index is 12.8. The zero-order valence-electron chi connectivity index (χ0n) is 11.0. The monoisotopic (exact) mass is 304 g/mol. The summed E-state index contributed by atoms with van der Waals surface area (Å²) in [4.78, 5) is 5.14. The molecular weight excluding hydrogens is 289 g/mol. The topological polar surface area (TPSA) is 95.5 Å². The van der Waals surface area contributed by atoms with Gasteiger partial charge in [0.1, 0.15) is 17.3 Å². The molecule has 0 amide bonds. The van der Waals surface area contributed by atoms with Crippen molar-refractivity contribution in [3.05, 3.63) is 23.4 Å². The number of amidine groups is 1. The normalized spacial score (nSPS) is 19.6. The first-order valence-electron chi connectivity index (χ1n) is 6.23. The fraction of sp³-hybridized carbons (Fsp3) is 0.500. The van der Waals surface area contributed by atoms with Crippen LogP contribution in [0.15, 0.2) is 12.1 Å². The van der Waals surface area contributed by atoms with Gasteiger partial charge in [0, 0.05) is 13.1 Å². The zero-order chi connectivity index (χ0) is 15.6. The van der Waals surface area contributed by atoms with E-state index in [0.717, 1.165) is 12.1 Å². The largest absolute Gasteiger partial charge is 0.433 e. The van der Waals surface area contributed by atoms with Gasteiger partial charge >= 0.3 is 6.18 Å². The van der Waals surface area contributed by atoms with E-state index in [1.165, 1.54) is 4.90 Å². The van der Waals surface area contributed by atoms with E-state index < -0.39 is 18.0 Å². The van der Waals surface area contributed by atoms with Crippen LogP contribution in [-0.2, 0) is 10.9 Å². The fourth-order valence-electron chi connectivity index (χ4n) is 2.08. The van der Waals surface area contributed by atoms with Gasteiger partial charge in [-0.05, 0) is 12.1 Å². The quantitative estimate of drug-likeness (QED) is 0.561. The Morgan fingerprint density at radius 1 is 1.52 bits per heavy atom. The Kier molecular flexibility index (Phi) is 4.33. The average molecular weight is 304 g/mol. The molecule has 21 heavy (non-hydrogen) atoms. The van der Waals surface area contributed by atoms with E-state index in [2.05, 4.69) is 4.98 Å². The van der Waals surface area contributed by atoms with Crippen molar-refractivity contribution in [3.8, 4) is 0 Å². The molecule has 0 aliphatic carbocycles. The second-order valence-electron chi connectivity index (χ2n) is 4.60. The van der Waals surface area contributed by atoms with Crippen LogP contribution in [0.3, 0.4) is 0 Å². The highest BCUT2D eigenvalue weighted by Crippen LogP contribution is 2.31. The molecule has 0 radical (unpaired) electrons. The van der Waals surface area contributed by atoms with Crippen molar-refractivity contribution in [2.24, 2.45) is 5.73 Å². The summed E-state index contributed by atoms with van der Waals surface area (Å²) in [7, 11) is 0. The van der Waals surface area contributed by atoms with Crippen molar-refractivity contribution in [3.63, 3.8) is 0 Å². The molecule has 2 heterocycles. The van der Waals surface area contributed by atoms with Crippen LogP contribution in [0, 0.1) is 5.41 Å². The minimum absolute atomic E-state index is 0.0147. The third-order valence-corrected chi connectivity index (χ3v) is 3.10. The third-order valence-electron chi connectivity index (χ3n) is 3.10. The van der Waals surface area contributed by atoms with Crippen LogP contribution in [0.2, 0.25) is 0 Å². The molecule has 0 saturated carbocycles. The lowest BCUT2D eigenvalue weighted by Gasteiger charge is -2.34. The molecule has 2 rings (SSSR count). The smallest absolute Gasteiger partial charge is 0.394 e. The van der Waals surface area contributed by atoms with Gasteiger partial charge in [0.05, 0.1) is 24.9 Å². The second kappa shape index (κ2) is 5.86. The molecule has 1 aliphatic rings. The number of aromatic nitrogens is 1. The van der Waals surface area contributed by atoms with Gasteiger partial charge in [0.15, 0.2) is 0 Å². The number of rotatable bonds is 3. The van der Waals surface area contributed by atoms with Gasteiger partial charge in [-0.2, -0.15) is 13.2 Å². The summed E-state index contributed by atoms with van der Waals surface area (Å²) in [6, 6.07) is 1.93. The van der Waals surface area contributed by atoms with Crippen LogP contribution in [-0.4, -0.2) is 48.3 Å². The van der Waals surface area contributed by atoms with Gasteiger partial charge in [0.2, 0.25) is 0 Å². The van der Waals surface area contributed by atoms with Gasteiger partial charge in [-0.15, -0.1) is 0 Å². The Hall–Kier alpha value is -1.87. The first kappa shape index (κ1) is 15.5. The van der Waals surface area contributed by atoms with Gasteiger partial charge in [-0.3, -0.25) is 5.41 Å². The Morgan fingerprint density at radius 2 is 2.24 bits per heavy atom. The summed E-state index contributed by atoms with van der Waals surface area (Å²) in [5, 5.41) is 16.6. The molecule has 1 unspecified atom stereocenters. The van der Waals surface area contributed by atoms with E-state index >= 15 is 0 Å². The molecule has 0 aromatic carbocycles. The molecule has 0 spiro atoms. The summed E-state index contributed by atoms with van der Waals surface area (Å²) in [6.07, 6.45) is -5.08. The van der Waals surface area contributed by atoms with Gasteiger partial charge < -0.3 is 20.5 Å². The number of anilines is 1. The van der Waals surface area contributed by atoms with Crippen molar-refractivity contribution in [2.45, 2.75) is 12.3 Å². The molecule has 1 saturated heterocycles. The molecule has 1 aliphatic heterocycles. The maximum Gasteiger partial charge on any atom is 0.433 e. The highest BCUT2D eigenvalue weighted by molar-refractivity contribution is 5.99. The molecule has 1 fully saturated rings. The first-order valence-corrected chi connectivity index (χ1v) is 6.23. The fourth-order valence-corrected chi connectivity index (χ4v) is 2.08. The summed E-state index contributed by atoms with van der Waals surface area (Å²) < 4.78 is 43.6. The lowest BCUT2D eigenvalue weighted by atomic mass is 10.1. The summed E-state index contributed by atoms with van der Waals surface area (Å²) in [5.74, 6) is -0.377. The number of hydrogen-bond acceptors (Lipinski definition) is 5.